The summed E-state index contributed by atoms with van der Waals surface area (Å²) in [5.41, 5.74) is 0.796. The zero-order chi connectivity index (χ0) is 12.9. The van der Waals surface area contributed by atoms with Crippen molar-refractivity contribution in [2.45, 2.75) is 85.1 Å². The summed E-state index contributed by atoms with van der Waals surface area (Å²) in [7, 11) is 0. The number of hydrogen-bond donors (Lipinski definition) is 1. The number of nitrogens with one attached hydrogen (secondary N) is 1. The quantitative estimate of drug-likeness (QED) is 0.704. The smallest absolute Gasteiger partial charge is 0.0232 e. The normalized spacial score (nSPS) is 27.4. The zero-order valence-corrected chi connectivity index (χ0v) is 12.7. The van der Waals surface area contributed by atoms with Gasteiger partial charge in [0, 0.05) is 5.54 Å². The molecule has 0 aromatic carbocycles. The molecular formula is C16H33N. The molecule has 1 N–H and O–H groups in total. The van der Waals surface area contributed by atoms with Crippen molar-refractivity contribution in [2.75, 3.05) is 6.54 Å². The fraction of sp³-hybridized carbons (Fsp3) is 1.00. The molecule has 1 aliphatic heterocycles. The Morgan fingerprint density at radius 1 is 1.24 bits per heavy atom. The van der Waals surface area contributed by atoms with Gasteiger partial charge in [-0.2, -0.15) is 0 Å². The molecule has 1 heteroatoms. The van der Waals surface area contributed by atoms with Crippen LogP contribution in [0.1, 0.15) is 79.6 Å². The van der Waals surface area contributed by atoms with E-state index in [4.69, 9.17) is 0 Å². The number of hydrogen-bond acceptors (Lipinski definition) is 1. The van der Waals surface area contributed by atoms with Crippen molar-refractivity contribution < 1.29 is 0 Å². The SMILES string of the molecule is CCCCC(CC)CC1(C(C)(C)C)CCCN1. The minimum Gasteiger partial charge on any atom is -0.311 e. The van der Waals surface area contributed by atoms with Gasteiger partial charge in [-0.3, -0.25) is 0 Å². The fourth-order valence-electron chi connectivity index (χ4n) is 3.36. The Kier molecular flexibility index (Phi) is 5.50. The van der Waals surface area contributed by atoms with Crippen LogP contribution in [0.25, 0.3) is 0 Å². The molecule has 2 atom stereocenters. The van der Waals surface area contributed by atoms with E-state index in [1.165, 1.54) is 51.5 Å². The lowest BCUT2D eigenvalue weighted by Crippen LogP contribution is -2.52. The monoisotopic (exact) mass is 239 g/mol. The fourth-order valence-corrected chi connectivity index (χ4v) is 3.36. The van der Waals surface area contributed by atoms with Crippen molar-refractivity contribution in [3.63, 3.8) is 0 Å². The first kappa shape index (κ1) is 15.0. The Morgan fingerprint density at radius 2 is 1.94 bits per heavy atom. The van der Waals surface area contributed by atoms with Crippen LogP contribution in [0.2, 0.25) is 0 Å². The second kappa shape index (κ2) is 6.22. The van der Waals surface area contributed by atoms with Gasteiger partial charge < -0.3 is 5.32 Å². The average Bonchev–Trinajstić information content (AvgIpc) is 2.73. The molecule has 0 amide bonds. The van der Waals surface area contributed by atoms with E-state index >= 15 is 0 Å². The van der Waals surface area contributed by atoms with Crippen LogP contribution in [0.4, 0.5) is 0 Å². The lowest BCUT2D eigenvalue weighted by atomic mass is 9.67. The molecule has 1 heterocycles. The van der Waals surface area contributed by atoms with Gasteiger partial charge in [0.1, 0.15) is 0 Å². The molecule has 0 saturated carbocycles. The van der Waals surface area contributed by atoms with Gasteiger partial charge in [-0.15, -0.1) is 0 Å². The first-order valence-electron chi connectivity index (χ1n) is 7.70. The number of unbranched alkanes of at least 4 members (excludes halogenated alkanes) is 1. The number of rotatable bonds is 6. The minimum atomic E-state index is 0.392. The minimum absolute atomic E-state index is 0.392. The first-order chi connectivity index (χ1) is 7.95. The summed E-state index contributed by atoms with van der Waals surface area (Å²) < 4.78 is 0. The molecule has 1 saturated heterocycles. The molecular weight excluding hydrogens is 206 g/mol. The van der Waals surface area contributed by atoms with Crippen LogP contribution in [0.3, 0.4) is 0 Å². The van der Waals surface area contributed by atoms with Crippen LogP contribution in [0, 0.1) is 11.3 Å². The van der Waals surface area contributed by atoms with Crippen molar-refractivity contribution in [1.29, 1.82) is 0 Å². The molecule has 0 spiro atoms. The van der Waals surface area contributed by atoms with Crippen LogP contribution >= 0.6 is 0 Å². The predicted molar refractivity (Wildman–Crippen MR) is 77.3 cm³/mol. The highest BCUT2D eigenvalue weighted by Gasteiger charge is 2.44. The Morgan fingerprint density at radius 3 is 2.35 bits per heavy atom. The van der Waals surface area contributed by atoms with Crippen molar-refractivity contribution in [3.05, 3.63) is 0 Å². The van der Waals surface area contributed by atoms with Gasteiger partial charge in [0.25, 0.3) is 0 Å². The molecule has 1 nitrogen and oxygen atoms in total. The van der Waals surface area contributed by atoms with Crippen LogP contribution < -0.4 is 5.32 Å². The lowest BCUT2D eigenvalue weighted by molar-refractivity contribution is 0.119. The largest absolute Gasteiger partial charge is 0.311 e. The average molecular weight is 239 g/mol. The van der Waals surface area contributed by atoms with Gasteiger partial charge in [0.05, 0.1) is 0 Å². The van der Waals surface area contributed by atoms with Gasteiger partial charge in [-0.1, -0.05) is 60.3 Å². The Labute approximate surface area is 109 Å². The van der Waals surface area contributed by atoms with E-state index in [1.807, 2.05) is 0 Å². The molecule has 2 unspecified atom stereocenters. The van der Waals surface area contributed by atoms with Crippen molar-refractivity contribution in [3.8, 4) is 0 Å². The second-order valence-electron chi connectivity index (χ2n) is 6.98. The zero-order valence-electron chi connectivity index (χ0n) is 12.7. The van der Waals surface area contributed by atoms with E-state index in [0.717, 1.165) is 5.92 Å². The molecule has 17 heavy (non-hydrogen) atoms. The molecule has 1 fully saturated rings. The third-order valence-electron chi connectivity index (χ3n) is 4.86. The topological polar surface area (TPSA) is 12.0 Å². The van der Waals surface area contributed by atoms with E-state index in [2.05, 4.69) is 39.9 Å². The molecule has 0 bridgehead atoms. The molecule has 0 radical (unpaired) electrons. The highest BCUT2D eigenvalue weighted by molar-refractivity contribution is 5.02. The van der Waals surface area contributed by atoms with E-state index in [1.54, 1.807) is 0 Å². The third kappa shape index (κ3) is 3.71. The van der Waals surface area contributed by atoms with Gasteiger partial charge in [0.15, 0.2) is 0 Å². The maximum Gasteiger partial charge on any atom is 0.0232 e. The van der Waals surface area contributed by atoms with Gasteiger partial charge in [-0.05, 0) is 37.1 Å². The molecule has 0 aromatic rings. The predicted octanol–water partition coefficient (Wildman–Crippen LogP) is 4.76. The van der Waals surface area contributed by atoms with E-state index < -0.39 is 0 Å². The van der Waals surface area contributed by atoms with Gasteiger partial charge in [0.2, 0.25) is 0 Å². The standard InChI is InChI=1S/C16H33N/c1-6-8-10-14(7-2)13-16(15(3,4)5)11-9-12-17-16/h14,17H,6-13H2,1-5H3. The molecule has 0 aliphatic carbocycles. The molecule has 1 aliphatic rings. The summed E-state index contributed by atoms with van der Waals surface area (Å²) in [6, 6.07) is 0. The molecule has 102 valence electrons. The van der Waals surface area contributed by atoms with Crippen LogP contribution in [0.15, 0.2) is 0 Å². The summed E-state index contributed by atoms with van der Waals surface area (Å²) in [5, 5.41) is 3.85. The summed E-state index contributed by atoms with van der Waals surface area (Å²) in [6.07, 6.45) is 9.63. The Hall–Kier alpha value is -0.0400. The summed E-state index contributed by atoms with van der Waals surface area (Å²) in [5.74, 6) is 0.916. The van der Waals surface area contributed by atoms with Gasteiger partial charge >= 0.3 is 0 Å². The maximum absolute atomic E-state index is 3.85. The Bertz CT molecular complexity index is 208. The third-order valence-corrected chi connectivity index (χ3v) is 4.86. The first-order valence-corrected chi connectivity index (χ1v) is 7.70. The molecule has 0 aromatic heterocycles. The van der Waals surface area contributed by atoms with Crippen molar-refractivity contribution in [1.82, 2.24) is 5.32 Å². The lowest BCUT2D eigenvalue weighted by Gasteiger charge is -2.44. The maximum atomic E-state index is 3.85. The van der Waals surface area contributed by atoms with E-state index in [0.29, 0.717) is 11.0 Å². The van der Waals surface area contributed by atoms with Crippen LogP contribution in [0.5, 0.6) is 0 Å². The van der Waals surface area contributed by atoms with Crippen LogP contribution in [-0.4, -0.2) is 12.1 Å². The van der Waals surface area contributed by atoms with Gasteiger partial charge in [-0.25, -0.2) is 0 Å². The van der Waals surface area contributed by atoms with Crippen LogP contribution in [-0.2, 0) is 0 Å². The Balaban J connectivity index is 2.65. The highest BCUT2D eigenvalue weighted by atomic mass is 15.0. The molecule has 1 rings (SSSR count). The highest BCUT2D eigenvalue weighted by Crippen LogP contribution is 2.43. The summed E-state index contributed by atoms with van der Waals surface area (Å²) in [6.45, 7) is 13.1. The van der Waals surface area contributed by atoms with E-state index in [-0.39, 0.29) is 0 Å². The van der Waals surface area contributed by atoms with E-state index in [9.17, 15) is 0 Å². The van der Waals surface area contributed by atoms with Crippen molar-refractivity contribution >= 4 is 0 Å². The summed E-state index contributed by atoms with van der Waals surface area (Å²) in [4.78, 5) is 0. The van der Waals surface area contributed by atoms with Crippen molar-refractivity contribution in [2.24, 2.45) is 11.3 Å². The second-order valence-corrected chi connectivity index (χ2v) is 6.98. The summed E-state index contributed by atoms with van der Waals surface area (Å²) >= 11 is 0.